The van der Waals surface area contributed by atoms with Crippen LogP contribution in [0.3, 0.4) is 0 Å². The molecule has 0 saturated carbocycles. The van der Waals surface area contributed by atoms with Crippen LogP contribution in [0.25, 0.3) is 0 Å². The van der Waals surface area contributed by atoms with Crippen molar-refractivity contribution in [2.24, 2.45) is 0 Å². The summed E-state index contributed by atoms with van der Waals surface area (Å²) in [6.07, 6.45) is 0. The van der Waals surface area contributed by atoms with E-state index in [1.807, 2.05) is 0 Å². The molecule has 0 bridgehead atoms. The fraction of sp³-hybridized carbons (Fsp3) is 0.750. The van der Waals surface area contributed by atoms with Crippen LogP contribution in [0.15, 0.2) is 12.2 Å². The minimum atomic E-state index is -0.434. The Kier molecular flexibility index (Phi) is 11.8. The Morgan fingerprint density at radius 1 is 1.06 bits per heavy atom. The molecule has 0 aromatic rings. The minimum absolute atomic E-state index is 0.0130. The van der Waals surface area contributed by atoms with Crippen molar-refractivity contribution in [2.75, 3.05) is 52.9 Å². The normalized spacial score (nSPS) is 10.3. The molecule has 0 spiro atoms. The quantitative estimate of drug-likeness (QED) is 0.306. The molecule has 6 heteroatoms. The third-order valence-electron chi connectivity index (χ3n) is 1.82. The van der Waals surface area contributed by atoms with Crippen LogP contribution in [0, 0.1) is 0 Å². The number of hydrogen-bond acceptors (Lipinski definition) is 6. The third-order valence-corrected chi connectivity index (χ3v) is 1.82. The third kappa shape index (κ3) is 10.2. The summed E-state index contributed by atoms with van der Waals surface area (Å²) in [7, 11) is 0. The van der Waals surface area contributed by atoms with Crippen molar-refractivity contribution in [3.05, 3.63) is 12.2 Å². The highest BCUT2D eigenvalue weighted by atomic mass is 16.6. The molecule has 18 heavy (non-hydrogen) atoms. The lowest BCUT2D eigenvalue weighted by Crippen LogP contribution is -2.14. The van der Waals surface area contributed by atoms with Crippen molar-refractivity contribution >= 4 is 5.97 Å². The lowest BCUT2D eigenvalue weighted by Gasteiger charge is -2.07. The van der Waals surface area contributed by atoms with Crippen molar-refractivity contribution in [1.29, 1.82) is 0 Å². The lowest BCUT2D eigenvalue weighted by atomic mass is 10.3. The maximum absolute atomic E-state index is 11.1. The number of carbonyl (C=O) groups is 1. The standard InChI is InChI=1S/C12H22O6/c1-3-18-12(14)11(2)10-17-9-8-16-7-6-15-5-4-13/h13H,2-10H2,1H3. The van der Waals surface area contributed by atoms with Gasteiger partial charge in [-0.25, -0.2) is 4.79 Å². The molecule has 0 heterocycles. The Balaban J connectivity index is 3.25. The second-order valence-corrected chi connectivity index (χ2v) is 3.32. The van der Waals surface area contributed by atoms with Crippen LogP contribution in [0.4, 0.5) is 0 Å². The lowest BCUT2D eigenvalue weighted by molar-refractivity contribution is -0.139. The largest absolute Gasteiger partial charge is 0.463 e. The van der Waals surface area contributed by atoms with Crippen LogP contribution in [-0.2, 0) is 23.7 Å². The zero-order valence-corrected chi connectivity index (χ0v) is 10.9. The van der Waals surface area contributed by atoms with Crippen LogP contribution >= 0.6 is 0 Å². The number of carbonyl (C=O) groups excluding carboxylic acids is 1. The number of aliphatic hydroxyl groups is 1. The van der Waals surface area contributed by atoms with E-state index in [1.165, 1.54) is 0 Å². The summed E-state index contributed by atoms with van der Waals surface area (Å²) in [5, 5.41) is 8.44. The molecule has 0 saturated heterocycles. The average molecular weight is 262 g/mol. The minimum Gasteiger partial charge on any atom is -0.463 e. The summed E-state index contributed by atoms with van der Waals surface area (Å²) in [6.45, 7) is 7.77. The highest BCUT2D eigenvalue weighted by Crippen LogP contribution is 1.95. The van der Waals surface area contributed by atoms with Crippen LogP contribution in [-0.4, -0.2) is 63.9 Å². The Labute approximate surface area is 107 Å². The number of esters is 1. The Morgan fingerprint density at radius 2 is 1.61 bits per heavy atom. The second kappa shape index (κ2) is 12.5. The molecule has 0 aromatic carbocycles. The van der Waals surface area contributed by atoms with Crippen LogP contribution in [0.5, 0.6) is 0 Å². The molecule has 1 N–H and O–H groups in total. The van der Waals surface area contributed by atoms with E-state index >= 15 is 0 Å². The molecule has 0 unspecified atom stereocenters. The molecule has 106 valence electrons. The first-order valence-corrected chi connectivity index (χ1v) is 5.91. The van der Waals surface area contributed by atoms with Crippen LogP contribution in [0.2, 0.25) is 0 Å². The van der Waals surface area contributed by atoms with Crippen LogP contribution in [0.1, 0.15) is 6.92 Å². The summed E-state index contributed by atoms with van der Waals surface area (Å²) in [5.41, 5.74) is 0.295. The number of rotatable bonds is 12. The average Bonchev–Trinajstić information content (AvgIpc) is 2.36. The maximum atomic E-state index is 11.1. The van der Waals surface area contributed by atoms with E-state index in [0.29, 0.717) is 45.2 Å². The summed E-state index contributed by atoms with van der Waals surface area (Å²) in [5.74, 6) is -0.434. The first-order valence-electron chi connectivity index (χ1n) is 5.91. The van der Waals surface area contributed by atoms with Gasteiger partial charge in [0.1, 0.15) is 0 Å². The van der Waals surface area contributed by atoms with E-state index in [1.54, 1.807) is 6.92 Å². The zero-order valence-electron chi connectivity index (χ0n) is 10.9. The molecule has 0 aliphatic rings. The molecule has 0 aromatic heterocycles. The van der Waals surface area contributed by atoms with Gasteiger partial charge in [0.25, 0.3) is 0 Å². The molecule has 6 nitrogen and oxygen atoms in total. The molecular formula is C12H22O6. The van der Waals surface area contributed by atoms with Gasteiger partial charge >= 0.3 is 5.97 Å². The van der Waals surface area contributed by atoms with Gasteiger partial charge in [-0.05, 0) is 6.92 Å². The van der Waals surface area contributed by atoms with E-state index in [-0.39, 0.29) is 13.2 Å². The van der Waals surface area contributed by atoms with Crippen molar-refractivity contribution in [2.45, 2.75) is 6.92 Å². The van der Waals surface area contributed by atoms with Crippen molar-refractivity contribution in [3.63, 3.8) is 0 Å². The molecule has 0 radical (unpaired) electrons. The smallest absolute Gasteiger partial charge is 0.335 e. The van der Waals surface area contributed by atoms with Gasteiger partial charge in [-0.3, -0.25) is 0 Å². The van der Waals surface area contributed by atoms with Crippen LogP contribution < -0.4 is 0 Å². The Hall–Kier alpha value is -0.950. The number of aliphatic hydroxyl groups excluding tert-OH is 1. The summed E-state index contributed by atoms with van der Waals surface area (Å²) in [6, 6.07) is 0. The van der Waals surface area contributed by atoms with Gasteiger partial charge in [0.2, 0.25) is 0 Å². The van der Waals surface area contributed by atoms with Gasteiger partial charge < -0.3 is 24.1 Å². The predicted molar refractivity (Wildman–Crippen MR) is 65.3 cm³/mol. The van der Waals surface area contributed by atoms with E-state index in [9.17, 15) is 4.79 Å². The molecule has 0 fully saturated rings. The maximum Gasteiger partial charge on any atom is 0.335 e. The first-order chi connectivity index (χ1) is 8.72. The van der Waals surface area contributed by atoms with Gasteiger partial charge in [0.15, 0.2) is 0 Å². The topological polar surface area (TPSA) is 74.2 Å². The summed E-state index contributed by atoms with van der Waals surface area (Å²) < 4.78 is 20.1. The van der Waals surface area contributed by atoms with E-state index in [4.69, 9.17) is 24.1 Å². The van der Waals surface area contributed by atoms with E-state index in [0.717, 1.165) is 0 Å². The van der Waals surface area contributed by atoms with Gasteiger partial charge in [0, 0.05) is 0 Å². The Bertz CT molecular complexity index is 229. The van der Waals surface area contributed by atoms with Crippen molar-refractivity contribution in [1.82, 2.24) is 0 Å². The monoisotopic (exact) mass is 262 g/mol. The summed E-state index contributed by atoms with van der Waals surface area (Å²) in [4.78, 5) is 11.1. The highest BCUT2D eigenvalue weighted by Gasteiger charge is 2.06. The predicted octanol–water partition coefficient (Wildman–Crippen LogP) is 0.148. The SMILES string of the molecule is C=C(COCCOCCOCCO)C(=O)OCC. The number of hydrogen-bond donors (Lipinski definition) is 1. The Morgan fingerprint density at radius 3 is 2.17 bits per heavy atom. The first kappa shape index (κ1) is 17.1. The zero-order chi connectivity index (χ0) is 13.6. The fourth-order valence-electron chi connectivity index (χ4n) is 0.992. The van der Waals surface area contributed by atoms with Gasteiger partial charge in [-0.2, -0.15) is 0 Å². The van der Waals surface area contributed by atoms with E-state index in [2.05, 4.69) is 6.58 Å². The highest BCUT2D eigenvalue weighted by molar-refractivity contribution is 5.87. The second-order valence-electron chi connectivity index (χ2n) is 3.32. The molecule has 0 amide bonds. The number of ether oxygens (including phenoxy) is 4. The molecule has 0 rings (SSSR count). The van der Waals surface area contributed by atoms with Gasteiger partial charge in [-0.15, -0.1) is 0 Å². The fourth-order valence-corrected chi connectivity index (χ4v) is 0.992. The summed E-state index contributed by atoms with van der Waals surface area (Å²) >= 11 is 0. The van der Waals surface area contributed by atoms with Gasteiger partial charge in [0.05, 0.1) is 58.4 Å². The molecule has 0 aliphatic carbocycles. The van der Waals surface area contributed by atoms with E-state index < -0.39 is 5.97 Å². The van der Waals surface area contributed by atoms with Crippen molar-refractivity contribution < 1.29 is 28.8 Å². The van der Waals surface area contributed by atoms with Crippen molar-refractivity contribution in [3.8, 4) is 0 Å². The molecular weight excluding hydrogens is 240 g/mol. The molecule has 0 atom stereocenters. The molecule has 0 aliphatic heterocycles. The van der Waals surface area contributed by atoms with Gasteiger partial charge in [-0.1, -0.05) is 6.58 Å².